The van der Waals surface area contributed by atoms with Crippen molar-refractivity contribution >= 4 is 22.6 Å². The van der Waals surface area contributed by atoms with Crippen molar-refractivity contribution in [1.82, 2.24) is 24.9 Å². The van der Waals surface area contributed by atoms with Gasteiger partial charge < -0.3 is 15.0 Å². The summed E-state index contributed by atoms with van der Waals surface area (Å²) in [5, 5.41) is 15.5. The van der Waals surface area contributed by atoms with Crippen LogP contribution in [0.2, 0.25) is 0 Å². The summed E-state index contributed by atoms with van der Waals surface area (Å²) in [5.41, 5.74) is 1.35. The SMILES string of the molecule is CN(C)CCOc1cccc2c1c(NC(=O)c1cccnn1)nn2-c1cccc(F)c1. The summed E-state index contributed by atoms with van der Waals surface area (Å²) in [6.07, 6.45) is 1.49. The van der Waals surface area contributed by atoms with Crippen LogP contribution in [0, 0.1) is 5.82 Å². The number of rotatable bonds is 7. The van der Waals surface area contributed by atoms with E-state index in [0.717, 1.165) is 6.54 Å². The first kappa shape index (κ1) is 20.4. The van der Waals surface area contributed by atoms with Gasteiger partial charge in [0.25, 0.3) is 5.91 Å². The number of nitrogens with zero attached hydrogens (tertiary/aromatic N) is 5. The van der Waals surface area contributed by atoms with Crippen LogP contribution in [0.4, 0.5) is 10.2 Å². The maximum atomic E-state index is 13.9. The van der Waals surface area contributed by atoms with Crippen molar-refractivity contribution in [2.24, 2.45) is 0 Å². The summed E-state index contributed by atoms with van der Waals surface area (Å²) >= 11 is 0. The van der Waals surface area contributed by atoms with Crippen LogP contribution >= 0.6 is 0 Å². The van der Waals surface area contributed by atoms with Gasteiger partial charge in [-0.1, -0.05) is 12.1 Å². The number of nitrogens with one attached hydrogen (secondary N) is 1. The van der Waals surface area contributed by atoms with E-state index in [1.807, 2.05) is 37.2 Å². The van der Waals surface area contributed by atoms with Gasteiger partial charge >= 0.3 is 0 Å². The van der Waals surface area contributed by atoms with Crippen molar-refractivity contribution in [2.75, 3.05) is 32.6 Å². The Morgan fingerprint density at radius 1 is 1.16 bits per heavy atom. The molecule has 0 fully saturated rings. The zero-order chi connectivity index (χ0) is 21.8. The highest BCUT2D eigenvalue weighted by molar-refractivity contribution is 6.08. The maximum absolute atomic E-state index is 13.9. The molecule has 0 aliphatic carbocycles. The van der Waals surface area contributed by atoms with E-state index in [-0.39, 0.29) is 17.3 Å². The van der Waals surface area contributed by atoms with Crippen LogP contribution in [0.25, 0.3) is 16.6 Å². The first-order valence-electron chi connectivity index (χ1n) is 9.67. The molecule has 9 heteroatoms. The minimum atomic E-state index is -0.456. The van der Waals surface area contributed by atoms with E-state index in [1.54, 1.807) is 28.9 Å². The van der Waals surface area contributed by atoms with Gasteiger partial charge in [-0.3, -0.25) is 4.79 Å². The number of benzene rings is 2. The number of ether oxygens (including phenoxy) is 1. The Bertz CT molecular complexity index is 1210. The van der Waals surface area contributed by atoms with Gasteiger partial charge in [0.15, 0.2) is 11.5 Å². The predicted octanol–water partition coefficient (Wildman–Crippen LogP) is 3.15. The maximum Gasteiger partial charge on any atom is 0.277 e. The first-order valence-corrected chi connectivity index (χ1v) is 9.67. The van der Waals surface area contributed by atoms with Gasteiger partial charge in [0.1, 0.15) is 18.2 Å². The van der Waals surface area contributed by atoms with Crippen LogP contribution in [0.15, 0.2) is 60.8 Å². The van der Waals surface area contributed by atoms with Crippen molar-refractivity contribution in [1.29, 1.82) is 0 Å². The Morgan fingerprint density at radius 2 is 2.00 bits per heavy atom. The molecule has 158 valence electrons. The van der Waals surface area contributed by atoms with Gasteiger partial charge in [-0.25, -0.2) is 9.07 Å². The number of hydrogen-bond acceptors (Lipinski definition) is 6. The third-order valence-electron chi connectivity index (χ3n) is 4.55. The molecule has 0 spiro atoms. The van der Waals surface area contributed by atoms with E-state index in [2.05, 4.69) is 20.6 Å². The highest BCUT2D eigenvalue weighted by atomic mass is 19.1. The lowest BCUT2D eigenvalue weighted by atomic mass is 10.2. The second-order valence-electron chi connectivity index (χ2n) is 7.11. The van der Waals surface area contributed by atoms with E-state index in [0.29, 0.717) is 28.9 Å². The molecule has 0 atom stereocenters. The number of anilines is 1. The molecule has 0 saturated heterocycles. The average Bonchev–Trinajstić information content (AvgIpc) is 3.13. The Hall–Kier alpha value is -3.85. The van der Waals surface area contributed by atoms with E-state index < -0.39 is 5.91 Å². The molecule has 1 amide bonds. The number of carbonyl (C=O) groups is 1. The summed E-state index contributed by atoms with van der Waals surface area (Å²) < 4.78 is 21.4. The highest BCUT2D eigenvalue weighted by Gasteiger charge is 2.19. The minimum absolute atomic E-state index is 0.155. The molecule has 4 aromatic rings. The smallest absolute Gasteiger partial charge is 0.277 e. The molecule has 2 aromatic heterocycles. The average molecular weight is 420 g/mol. The Morgan fingerprint density at radius 3 is 2.74 bits per heavy atom. The predicted molar refractivity (Wildman–Crippen MR) is 115 cm³/mol. The fourth-order valence-electron chi connectivity index (χ4n) is 3.08. The fraction of sp³-hybridized carbons (Fsp3) is 0.182. The monoisotopic (exact) mass is 420 g/mol. The normalized spacial score (nSPS) is 11.1. The number of fused-ring (bicyclic) bond motifs is 1. The van der Waals surface area contributed by atoms with E-state index in [4.69, 9.17) is 4.74 Å². The fourth-order valence-corrected chi connectivity index (χ4v) is 3.08. The van der Waals surface area contributed by atoms with Gasteiger partial charge in [0, 0.05) is 12.7 Å². The van der Waals surface area contributed by atoms with Crippen molar-refractivity contribution in [3.8, 4) is 11.4 Å². The lowest BCUT2D eigenvalue weighted by Crippen LogP contribution is -2.19. The molecule has 2 aromatic carbocycles. The van der Waals surface area contributed by atoms with Gasteiger partial charge in [-0.05, 0) is 56.6 Å². The lowest BCUT2D eigenvalue weighted by Gasteiger charge is -2.12. The van der Waals surface area contributed by atoms with Crippen LogP contribution in [0.3, 0.4) is 0 Å². The summed E-state index contributed by atoms with van der Waals surface area (Å²) in [6, 6.07) is 14.7. The van der Waals surface area contributed by atoms with Gasteiger partial charge in [-0.2, -0.15) is 5.10 Å². The zero-order valence-corrected chi connectivity index (χ0v) is 17.1. The number of carbonyl (C=O) groups excluding carboxylic acids is 1. The number of halogens is 1. The number of amides is 1. The Balaban J connectivity index is 1.79. The Labute approximate surface area is 178 Å². The highest BCUT2D eigenvalue weighted by Crippen LogP contribution is 2.34. The van der Waals surface area contributed by atoms with Crippen molar-refractivity contribution in [3.05, 3.63) is 72.3 Å². The van der Waals surface area contributed by atoms with Crippen LogP contribution in [0.5, 0.6) is 5.75 Å². The molecule has 4 rings (SSSR count). The minimum Gasteiger partial charge on any atom is -0.491 e. The van der Waals surface area contributed by atoms with E-state index in [9.17, 15) is 9.18 Å². The molecule has 1 N–H and O–H groups in total. The second kappa shape index (κ2) is 8.88. The number of likely N-dealkylation sites (N-methyl/N-ethyl adjacent to an activating group) is 1. The molecule has 0 aliphatic heterocycles. The third kappa shape index (κ3) is 4.51. The molecule has 31 heavy (non-hydrogen) atoms. The van der Waals surface area contributed by atoms with Crippen molar-refractivity contribution in [3.63, 3.8) is 0 Å². The summed E-state index contributed by atoms with van der Waals surface area (Å²) in [6.45, 7) is 1.17. The molecule has 8 nitrogen and oxygen atoms in total. The van der Waals surface area contributed by atoms with Crippen LogP contribution < -0.4 is 10.1 Å². The molecule has 0 bridgehead atoms. The van der Waals surface area contributed by atoms with Crippen LogP contribution in [0.1, 0.15) is 10.5 Å². The quantitative estimate of drug-likeness (QED) is 0.494. The lowest BCUT2D eigenvalue weighted by molar-refractivity contribution is 0.102. The van der Waals surface area contributed by atoms with E-state index in [1.165, 1.54) is 18.3 Å². The van der Waals surface area contributed by atoms with E-state index >= 15 is 0 Å². The largest absolute Gasteiger partial charge is 0.491 e. The summed E-state index contributed by atoms with van der Waals surface area (Å²) in [4.78, 5) is 14.7. The van der Waals surface area contributed by atoms with Crippen molar-refractivity contribution in [2.45, 2.75) is 0 Å². The first-order chi connectivity index (χ1) is 15.0. The molecule has 2 heterocycles. The number of aromatic nitrogens is 4. The van der Waals surface area contributed by atoms with Crippen LogP contribution in [-0.2, 0) is 0 Å². The van der Waals surface area contributed by atoms with Crippen LogP contribution in [-0.4, -0.2) is 58.0 Å². The molecular weight excluding hydrogens is 399 g/mol. The van der Waals surface area contributed by atoms with Gasteiger partial charge in [0.2, 0.25) is 0 Å². The molecule has 0 saturated carbocycles. The summed E-state index contributed by atoms with van der Waals surface area (Å²) in [7, 11) is 3.91. The van der Waals surface area contributed by atoms with Gasteiger partial charge in [0.05, 0.1) is 16.6 Å². The number of hydrogen-bond donors (Lipinski definition) is 1. The molecule has 0 radical (unpaired) electrons. The molecule has 0 aliphatic rings. The standard InChI is InChI=1S/C22H21FN6O2/c1-28(2)12-13-31-19-10-4-9-18-20(19)21(25-22(30)17-8-5-11-24-26-17)27-29(18)16-7-3-6-15(23)14-16/h3-11,14H,12-13H2,1-2H3,(H,25,27,30). The summed E-state index contributed by atoms with van der Waals surface area (Å²) in [5.74, 6) is 0.0125. The topological polar surface area (TPSA) is 85.2 Å². The molecule has 0 unspecified atom stereocenters. The van der Waals surface area contributed by atoms with Gasteiger partial charge in [-0.15, -0.1) is 10.2 Å². The molecular formula is C22H21FN6O2. The Kier molecular flexibility index (Phi) is 5.85. The zero-order valence-electron chi connectivity index (χ0n) is 17.1. The second-order valence-corrected chi connectivity index (χ2v) is 7.11. The third-order valence-corrected chi connectivity index (χ3v) is 4.55. The van der Waals surface area contributed by atoms with Crippen molar-refractivity contribution < 1.29 is 13.9 Å².